The van der Waals surface area contributed by atoms with E-state index in [9.17, 15) is 4.39 Å². The van der Waals surface area contributed by atoms with Crippen LogP contribution in [-0.2, 0) is 10.2 Å². The van der Waals surface area contributed by atoms with Gasteiger partial charge in [-0.1, -0.05) is 18.2 Å². The lowest BCUT2D eigenvalue weighted by atomic mass is 9.71. The Labute approximate surface area is 95.8 Å². The van der Waals surface area contributed by atoms with Crippen molar-refractivity contribution in [1.82, 2.24) is 5.32 Å². The summed E-state index contributed by atoms with van der Waals surface area (Å²) in [7, 11) is 1.70. The molecule has 0 aliphatic carbocycles. The van der Waals surface area contributed by atoms with E-state index in [-0.39, 0.29) is 17.3 Å². The van der Waals surface area contributed by atoms with Crippen LogP contribution in [0, 0.1) is 5.82 Å². The van der Waals surface area contributed by atoms with Crippen LogP contribution in [0.15, 0.2) is 24.3 Å². The smallest absolute Gasteiger partial charge is 0.127 e. The average Bonchev–Trinajstić information content (AvgIpc) is 2.24. The Balaban J connectivity index is 2.25. The summed E-state index contributed by atoms with van der Waals surface area (Å²) in [5, 5.41) is 3.23. The highest BCUT2D eigenvalue weighted by molar-refractivity contribution is 5.31. The van der Waals surface area contributed by atoms with Crippen molar-refractivity contribution < 1.29 is 9.13 Å². The molecule has 1 saturated heterocycles. The van der Waals surface area contributed by atoms with Crippen LogP contribution in [0.25, 0.3) is 0 Å². The number of hydrogen-bond donors (Lipinski definition) is 1. The molecule has 1 aromatic carbocycles. The number of methoxy groups -OCH3 is 1. The monoisotopic (exact) mass is 223 g/mol. The number of rotatable bonds is 4. The Morgan fingerprint density at radius 1 is 1.44 bits per heavy atom. The first-order valence-electron chi connectivity index (χ1n) is 5.66. The maximum atomic E-state index is 13.8. The first-order valence-corrected chi connectivity index (χ1v) is 5.66. The zero-order chi connectivity index (χ0) is 11.6. The Hall–Kier alpha value is -0.930. The zero-order valence-corrected chi connectivity index (χ0v) is 9.79. The van der Waals surface area contributed by atoms with Crippen molar-refractivity contribution in [3.63, 3.8) is 0 Å². The van der Waals surface area contributed by atoms with Crippen LogP contribution in [0.3, 0.4) is 0 Å². The van der Waals surface area contributed by atoms with Crippen LogP contribution in [-0.4, -0.2) is 26.3 Å². The highest BCUT2D eigenvalue weighted by Gasteiger charge is 2.41. The van der Waals surface area contributed by atoms with Crippen LogP contribution in [0.4, 0.5) is 4.39 Å². The second-order valence-corrected chi connectivity index (χ2v) is 4.61. The molecule has 1 aliphatic rings. The third kappa shape index (κ3) is 1.97. The van der Waals surface area contributed by atoms with Crippen LogP contribution < -0.4 is 5.32 Å². The van der Waals surface area contributed by atoms with Crippen molar-refractivity contribution in [3.05, 3.63) is 35.6 Å². The molecular formula is C13H18FNO. The molecule has 1 N–H and O–H groups in total. The summed E-state index contributed by atoms with van der Waals surface area (Å²) in [5.41, 5.74) is 0.735. The summed E-state index contributed by atoms with van der Waals surface area (Å²) in [6.07, 6.45) is 1.01. The molecule has 1 atom stereocenters. The Morgan fingerprint density at radius 3 is 2.62 bits per heavy atom. The van der Waals surface area contributed by atoms with Gasteiger partial charge in [0.05, 0.1) is 6.10 Å². The van der Waals surface area contributed by atoms with Gasteiger partial charge in [-0.25, -0.2) is 4.39 Å². The standard InChI is InChI=1S/C13H18FNO/c1-10(16-2)7-13(8-15-9-13)11-5-3-4-6-12(11)14/h3-6,10,15H,7-9H2,1-2H3. The van der Waals surface area contributed by atoms with Crippen LogP contribution in [0.1, 0.15) is 18.9 Å². The minimum absolute atomic E-state index is 0.0826. The van der Waals surface area contributed by atoms with E-state index in [1.54, 1.807) is 13.2 Å². The molecule has 1 aliphatic heterocycles. The molecule has 0 aromatic heterocycles. The third-order valence-electron chi connectivity index (χ3n) is 3.45. The lowest BCUT2D eigenvalue weighted by Gasteiger charge is -2.44. The van der Waals surface area contributed by atoms with E-state index in [0.717, 1.165) is 25.1 Å². The number of hydrogen-bond acceptors (Lipinski definition) is 2. The highest BCUT2D eigenvalue weighted by atomic mass is 19.1. The van der Waals surface area contributed by atoms with Gasteiger partial charge < -0.3 is 10.1 Å². The molecule has 3 heteroatoms. The van der Waals surface area contributed by atoms with Crippen molar-refractivity contribution in [3.8, 4) is 0 Å². The Kier molecular flexibility index (Phi) is 3.26. The molecule has 1 fully saturated rings. The van der Waals surface area contributed by atoms with Crippen LogP contribution in [0.2, 0.25) is 0 Å². The average molecular weight is 223 g/mol. The molecular weight excluding hydrogens is 205 g/mol. The molecule has 0 amide bonds. The van der Waals surface area contributed by atoms with E-state index in [1.807, 2.05) is 19.1 Å². The van der Waals surface area contributed by atoms with Gasteiger partial charge in [-0.2, -0.15) is 0 Å². The molecule has 0 saturated carbocycles. The van der Waals surface area contributed by atoms with E-state index in [2.05, 4.69) is 5.32 Å². The number of ether oxygens (including phenoxy) is 1. The van der Waals surface area contributed by atoms with Crippen LogP contribution in [0.5, 0.6) is 0 Å². The number of nitrogens with one attached hydrogen (secondary N) is 1. The lowest BCUT2D eigenvalue weighted by molar-refractivity contribution is 0.0706. The summed E-state index contributed by atoms with van der Waals surface area (Å²) < 4.78 is 19.1. The van der Waals surface area contributed by atoms with Crippen molar-refractivity contribution in [2.24, 2.45) is 0 Å². The first kappa shape index (κ1) is 11.6. The molecule has 16 heavy (non-hydrogen) atoms. The highest BCUT2D eigenvalue weighted by Crippen LogP contribution is 2.35. The largest absolute Gasteiger partial charge is 0.382 e. The predicted octanol–water partition coefficient (Wildman–Crippen LogP) is 2.09. The molecule has 1 aromatic rings. The Bertz CT molecular complexity index is 363. The third-order valence-corrected chi connectivity index (χ3v) is 3.45. The first-order chi connectivity index (χ1) is 7.68. The normalized spacial score (nSPS) is 20.2. The molecule has 1 heterocycles. The van der Waals surface area contributed by atoms with Gasteiger partial charge in [0, 0.05) is 25.6 Å². The van der Waals surface area contributed by atoms with Gasteiger partial charge >= 0.3 is 0 Å². The summed E-state index contributed by atoms with van der Waals surface area (Å²) >= 11 is 0. The molecule has 0 bridgehead atoms. The minimum atomic E-state index is -0.104. The van der Waals surface area contributed by atoms with Gasteiger partial charge in [0.1, 0.15) is 5.82 Å². The molecule has 0 spiro atoms. The fourth-order valence-electron chi connectivity index (χ4n) is 2.40. The van der Waals surface area contributed by atoms with E-state index in [0.29, 0.717) is 0 Å². The molecule has 0 radical (unpaired) electrons. The minimum Gasteiger partial charge on any atom is -0.382 e. The van der Waals surface area contributed by atoms with Gasteiger partial charge in [0.2, 0.25) is 0 Å². The second-order valence-electron chi connectivity index (χ2n) is 4.61. The summed E-state index contributed by atoms with van der Waals surface area (Å²) in [4.78, 5) is 0. The maximum absolute atomic E-state index is 13.8. The van der Waals surface area contributed by atoms with Crippen molar-refractivity contribution in [2.75, 3.05) is 20.2 Å². The lowest BCUT2D eigenvalue weighted by Crippen LogP contribution is -2.58. The predicted molar refractivity (Wildman–Crippen MR) is 62.0 cm³/mol. The van der Waals surface area contributed by atoms with Crippen LogP contribution >= 0.6 is 0 Å². The number of halogens is 1. The summed E-state index contributed by atoms with van der Waals surface area (Å²) in [6, 6.07) is 7.06. The molecule has 2 nitrogen and oxygen atoms in total. The van der Waals surface area contributed by atoms with E-state index in [1.165, 1.54) is 6.07 Å². The van der Waals surface area contributed by atoms with Gasteiger partial charge in [-0.3, -0.25) is 0 Å². The Morgan fingerprint density at radius 2 is 2.12 bits per heavy atom. The van der Waals surface area contributed by atoms with Crippen molar-refractivity contribution in [1.29, 1.82) is 0 Å². The summed E-state index contributed by atoms with van der Waals surface area (Å²) in [6.45, 7) is 3.70. The van der Waals surface area contributed by atoms with E-state index < -0.39 is 0 Å². The fraction of sp³-hybridized carbons (Fsp3) is 0.538. The van der Waals surface area contributed by atoms with E-state index >= 15 is 0 Å². The molecule has 2 rings (SSSR count). The SMILES string of the molecule is COC(C)CC1(c2ccccc2F)CNC1. The van der Waals surface area contributed by atoms with Gasteiger partial charge in [0.15, 0.2) is 0 Å². The van der Waals surface area contributed by atoms with Gasteiger partial charge in [-0.15, -0.1) is 0 Å². The van der Waals surface area contributed by atoms with Gasteiger partial charge in [0.25, 0.3) is 0 Å². The summed E-state index contributed by atoms with van der Waals surface area (Å²) in [5.74, 6) is -0.104. The van der Waals surface area contributed by atoms with Gasteiger partial charge in [-0.05, 0) is 25.0 Å². The zero-order valence-electron chi connectivity index (χ0n) is 9.79. The molecule has 88 valence electrons. The fourth-order valence-corrected chi connectivity index (χ4v) is 2.40. The van der Waals surface area contributed by atoms with Crippen molar-refractivity contribution >= 4 is 0 Å². The topological polar surface area (TPSA) is 21.3 Å². The van der Waals surface area contributed by atoms with E-state index in [4.69, 9.17) is 4.74 Å². The maximum Gasteiger partial charge on any atom is 0.127 e. The number of benzene rings is 1. The second kappa shape index (κ2) is 4.52. The molecule has 1 unspecified atom stereocenters. The van der Waals surface area contributed by atoms with Crippen molar-refractivity contribution in [2.45, 2.75) is 24.9 Å². The quantitative estimate of drug-likeness (QED) is 0.844.